The number of nitrogens with zero attached hydrogens (tertiary/aromatic N) is 2. The van der Waals surface area contributed by atoms with Crippen LogP contribution in [0.4, 0.5) is 10.5 Å². The molecule has 0 atom stereocenters. The van der Waals surface area contributed by atoms with Gasteiger partial charge in [0.15, 0.2) is 0 Å². The summed E-state index contributed by atoms with van der Waals surface area (Å²) in [5, 5.41) is 3.15. The van der Waals surface area contributed by atoms with Crippen LogP contribution in [0.1, 0.15) is 26.3 Å². The van der Waals surface area contributed by atoms with Gasteiger partial charge in [-0.05, 0) is 45.5 Å². The summed E-state index contributed by atoms with van der Waals surface area (Å²) in [6.45, 7) is 9.65. The smallest absolute Gasteiger partial charge is 0.410 e. The fourth-order valence-corrected chi connectivity index (χ4v) is 2.50. The van der Waals surface area contributed by atoms with Crippen LogP contribution in [0.25, 0.3) is 0 Å². The first-order chi connectivity index (χ1) is 10.4. The van der Waals surface area contributed by atoms with Gasteiger partial charge in [0.25, 0.3) is 0 Å². The summed E-state index contributed by atoms with van der Waals surface area (Å²) in [6, 6.07) is 8.59. The minimum atomic E-state index is -0.433. The van der Waals surface area contributed by atoms with Crippen molar-refractivity contribution in [3.63, 3.8) is 0 Å². The number of piperazine rings is 1. The second-order valence-electron chi connectivity index (χ2n) is 6.65. The van der Waals surface area contributed by atoms with E-state index in [1.54, 1.807) is 4.90 Å². The third-order valence-corrected chi connectivity index (χ3v) is 3.61. The molecule has 22 heavy (non-hydrogen) atoms. The number of carbonyl (C=O) groups excluding carboxylic acids is 1. The topological polar surface area (TPSA) is 44.8 Å². The van der Waals surface area contributed by atoms with E-state index in [2.05, 4.69) is 34.5 Å². The minimum Gasteiger partial charge on any atom is -0.444 e. The highest BCUT2D eigenvalue weighted by molar-refractivity contribution is 5.68. The van der Waals surface area contributed by atoms with Crippen LogP contribution in [0.2, 0.25) is 0 Å². The maximum atomic E-state index is 12.1. The predicted molar refractivity (Wildman–Crippen MR) is 89.2 cm³/mol. The van der Waals surface area contributed by atoms with Gasteiger partial charge in [-0.25, -0.2) is 4.79 Å². The van der Waals surface area contributed by atoms with E-state index >= 15 is 0 Å². The van der Waals surface area contributed by atoms with E-state index in [-0.39, 0.29) is 6.09 Å². The van der Waals surface area contributed by atoms with E-state index in [0.29, 0.717) is 13.1 Å². The molecule has 0 aromatic heterocycles. The lowest BCUT2D eigenvalue weighted by atomic mass is 10.2. The number of carbonyl (C=O) groups is 1. The molecule has 0 radical (unpaired) electrons. The molecule has 0 unspecified atom stereocenters. The second-order valence-corrected chi connectivity index (χ2v) is 6.65. The van der Waals surface area contributed by atoms with Gasteiger partial charge in [-0.2, -0.15) is 0 Å². The molecule has 1 heterocycles. The molecule has 1 amide bonds. The Kier molecular flexibility index (Phi) is 5.29. The molecule has 5 heteroatoms. The Morgan fingerprint density at radius 3 is 2.23 bits per heavy atom. The van der Waals surface area contributed by atoms with E-state index in [4.69, 9.17) is 4.74 Å². The highest BCUT2D eigenvalue weighted by Gasteiger charge is 2.25. The number of anilines is 1. The van der Waals surface area contributed by atoms with Crippen molar-refractivity contribution in [1.29, 1.82) is 0 Å². The first-order valence-corrected chi connectivity index (χ1v) is 7.85. The number of benzene rings is 1. The van der Waals surface area contributed by atoms with Crippen molar-refractivity contribution in [3.05, 3.63) is 29.8 Å². The largest absolute Gasteiger partial charge is 0.444 e. The number of hydrogen-bond acceptors (Lipinski definition) is 4. The SMILES string of the molecule is CNCc1ccc(N2CCN(C(=O)OC(C)(C)C)CC2)cc1. The summed E-state index contributed by atoms with van der Waals surface area (Å²) in [5.41, 5.74) is 2.06. The van der Waals surface area contributed by atoms with E-state index in [9.17, 15) is 4.79 Å². The normalized spacial score (nSPS) is 15.8. The maximum Gasteiger partial charge on any atom is 0.410 e. The van der Waals surface area contributed by atoms with Crippen molar-refractivity contribution in [2.24, 2.45) is 0 Å². The molecule has 0 spiro atoms. The van der Waals surface area contributed by atoms with Crippen molar-refractivity contribution in [2.45, 2.75) is 32.9 Å². The number of amides is 1. The van der Waals surface area contributed by atoms with Crippen LogP contribution in [0.3, 0.4) is 0 Å². The van der Waals surface area contributed by atoms with Gasteiger partial charge < -0.3 is 19.9 Å². The lowest BCUT2D eigenvalue weighted by Gasteiger charge is -2.36. The van der Waals surface area contributed by atoms with Crippen LogP contribution in [-0.2, 0) is 11.3 Å². The number of rotatable bonds is 3. The van der Waals surface area contributed by atoms with Crippen LogP contribution in [-0.4, -0.2) is 49.8 Å². The highest BCUT2D eigenvalue weighted by atomic mass is 16.6. The van der Waals surface area contributed by atoms with E-state index in [0.717, 1.165) is 19.6 Å². The van der Waals surface area contributed by atoms with Crippen LogP contribution < -0.4 is 10.2 Å². The molecule has 0 aliphatic carbocycles. The molecule has 1 aromatic carbocycles. The zero-order valence-corrected chi connectivity index (χ0v) is 14.1. The lowest BCUT2D eigenvalue weighted by molar-refractivity contribution is 0.0240. The van der Waals surface area contributed by atoms with Gasteiger partial charge in [0.1, 0.15) is 5.60 Å². The molecule has 5 nitrogen and oxygen atoms in total. The van der Waals surface area contributed by atoms with Gasteiger partial charge in [0, 0.05) is 38.4 Å². The van der Waals surface area contributed by atoms with E-state index in [1.165, 1.54) is 11.3 Å². The molecule has 1 saturated heterocycles. The standard InChI is InChI=1S/C17H27N3O2/c1-17(2,3)22-16(21)20-11-9-19(10-12-20)15-7-5-14(6-8-15)13-18-4/h5-8,18H,9-13H2,1-4H3. The Morgan fingerprint density at radius 1 is 1.14 bits per heavy atom. The van der Waals surface area contributed by atoms with E-state index in [1.807, 2.05) is 27.8 Å². The third-order valence-electron chi connectivity index (χ3n) is 3.61. The number of nitrogens with one attached hydrogen (secondary N) is 1. The average molecular weight is 305 g/mol. The fourth-order valence-electron chi connectivity index (χ4n) is 2.50. The van der Waals surface area contributed by atoms with Gasteiger partial charge in [-0.3, -0.25) is 0 Å². The Balaban J connectivity index is 1.87. The van der Waals surface area contributed by atoms with Gasteiger partial charge in [-0.1, -0.05) is 12.1 Å². The summed E-state index contributed by atoms with van der Waals surface area (Å²) < 4.78 is 5.42. The molecule has 2 rings (SSSR count). The Bertz CT molecular complexity index is 486. The van der Waals surface area contributed by atoms with Gasteiger partial charge in [0.05, 0.1) is 0 Å². The molecule has 1 aliphatic heterocycles. The lowest BCUT2D eigenvalue weighted by Crippen LogP contribution is -2.50. The third kappa shape index (κ3) is 4.63. The van der Waals surface area contributed by atoms with Gasteiger partial charge in [0.2, 0.25) is 0 Å². The Hall–Kier alpha value is -1.75. The number of ether oxygens (including phenoxy) is 1. The summed E-state index contributed by atoms with van der Waals surface area (Å²) in [5.74, 6) is 0. The first-order valence-electron chi connectivity index (χ1n) is 7.85. The number of hydrogen-bond donors (Lipinski definition) is 1. The van der Waals surface area contributed by atoms with Crippen LogP contribution in [0, 0.1) is 0 Å². The van der Waals surface area contributed by atoms with Crippen molar-refractivity contribution < 1.29 is 9.53 Å². The van der Waals surface area contributed by atoms with E-state index < -0.39 is 5.60 Å². The maximum absolute atomic E-state index is 12.1. The van der Waals surface area contributed by atoms with Crippen molar-refractivity contribution in [3.8, 4) is 0 Å². The summed E-state index contributed by atoms with van der Waals surface area (Å²) in [4.78, 5) is 16.2. The van der Waals surface area contributed by atoms with Crippen LogP contribution >= 0.6 is 0 Å². The molecular formula is C17H27N3O2. The van der Waals surface area contributed by atoms with Crippen molar-refractivity contribution in [2.75, 3.05) is 38.1 Å². The van der Waals surface area contributed by atoms with Crippen LogP contribution in [0.15, 0.2) is 24.3 Å². The molecule has 1 fully saturated rings. The zero-order valence-electron chi connectivity index (χ0n) is 14.1. The summed E-state index contributed by atoms with van der Waals surface area (Å²) in [6.07, 6.45) is -0.212. The van der Waals surface area contributed by atoms with Gasteiger partial charge in [-0.15, -0.1) is 0 Å². The monoisotopic (exact) mass is 305 g/mol. The second kappa shape index (κ2) is 7.01. The Morgan fingerprint density at radius 2 is 1.73 bits per heavy atom. The molecule has 0 bridgehead atoms. The average Bonchev–Trinajstić information content (AvgIpc) is 2.47. The fraction of sp³-hybridized carbons (Fsp3) is 0.588. The molecule has 1 aromatic rings. The van der Waals surface area contributed by atoms with Crippen LogP contribution in [0.5, 0.6) is 0 Å². The summed E-state index contributed by atoms with van der Waals surface area (Å²) in [7, 11) is 1.95. The van der Waals surface area contributed by atoms with Gasteiger partial charge >= 0.3 is 6.09 Å². The highest BCUT2D eigenvalue weighted by Crippen LogP contribution is 2.18. The quantitative estimate of drug-likeness (QED) is 0.932. The Labute approximate surface area is 133 Å². The predicted octanol–water partition coefficient (Wildman–Crippen LogP) is 2.46. The first kappa shape index (κ1) is 16.6. The molecule has 1 aliphatic rings. The molecule has 0 saturated carbocycles. The van der Waals surface area contributed by atoms with Crippen molar-refractivity contribution >= 4 is 11.8 Å². The summed E-state index contributed by atoms with van der Waals surface area (Å²) >= 11 is 0. The zero-order chi connectivity index (χ0) is 16.2. The molecule has 122 valence electrons. The van der Waals surface area contributed by atoms with Crippen molar-refractivity contribution in [1.82, 2.24) is 10.2 Å². The minimum absolute atomic E-state index is 0.212. The molecule has 1 N–H and O–H groups in total. The molecular weight excluding hydrogens is 278 g/mol.